The highest BCUT2D eigenvalue weighted by Crippen LogP contribution is 2.15. The Morgan fingerprint density at radius 2 is 2.29 bits per heavy atom. The molecule has 0 amide bonds. The van der Waals surface area contributed by atoms with Gasteiger partial charge in [0.1, 0.15) is 0 Å². The number of piperazine rings is 1. The Balaban J connectivity index is 0.00000144. The van der Waals surface area contributed by atoms with Gasteiger partial charge in [0, 0.05) is 37.1 Å². The Labute approximate surface area is 114 Å². The van der Waals surface area contributed by atoms with Crippen LogP contribution in [0.25, 0.3) is 0 Å². The van der Waals surface area contributed by atoms with Gasteiger partial charge in [-0.1, -0.05) is 6.92 Å². The van der Waals surface area contributed by atoms with E-state index in [2.05, 4.69) is 41.4 Å². The zero-order valence-electron chi connectivity index (χ0n) is 10.8. The van der Waals surface area contributed by atoms with Crippen molar-refractivity contribution in [3.8, 4) is 0 Å². The molecule has 1 aromatic rings. The Bertz CT molecular complexity index is 342. The van der Waals surface area contributed by atoms with E-state index in [9.17, 15) is 0 Å². The molecule has 17 heavy (non-hydrogen) atoms. The molecule has 2 rings (SSSR count). The van der Waals surface area contributed by atoms with Crippen molar-refractivity contribution in [3.63, 3.8) is 0 Å². The van der Waals surface area contributed by atoms with Gasteiger partial charge >= 0.3 is 0 Å². The van der Waals surface area contributed by atoms with Crippen LogP contribution in [0.15, 0.2) is 5.38 Å². The zero-order valence-corrected chi connectivity index (χ0v) is 12.4. The van der Waals surface area contributed by atoms with Gasteiger partial charge in [-0.2, -0.15) is 0 Å². The van der Waals surface area contributed by atoms with E-state index in [0.29, 0.717) is 12.1 Å². The van der Waals surface area contributed by atoms with Gasteiger partial charge in [-0.05, 0) is 20.3 Å². The Hall–Kier alpha value is -0.160. The van der Waals surface area contributed by atoms with E-state index < -0.39 is 0 Å². The van der Waals surface area contributed by atoms with Gasteiger partial charge < -0.3 is 5.32 Å². The van der Waals surface area contributed by atoms with Crippen molar-refractivity contribution in [2.24, 2.45) is 0 Å². The first-order valence-corrected chi connectivity index (χ1v) is 6.97. The van der Waals surface area contributed by atoms with E-state index in [0.717, 1.165) is 26.1 Å². The summed E-state index contributed by atoms with van der Waals surface area (Å²) in [5.74, 6) is 0. The molecule has 3 nitrogen and oxygen atoms in total. The molecule has 1 fully saturated rings. The molecule has 0 aliphatic carbocycles. The number of aryl methyl sites for hydroxylation is 1. The molecule has 0 saturated carbocycles. The van der Waals surface area contributed by atoms with E-state index in [4.69, 9.17) is 0 Å². The molecule has 2 unspecified atom stereocenters. The van der Waals surface area contributed by atoms with E-state index in [1.54, 1.807) is 11.3 Å². The first kappa shape index (κ1) is 14.9. The summed E-state index contributed by atoms with van der Waals surface area (Å²) in [6, 6.07) is 1.21. The lowest BCUT2D eigenvalue weighted by Crippen LogP contribution is -2.53. The minimum atomic E-state index is 0. The average Bonchev–Trinajstić information content (AvgIpc) is 2.71. The normalized spacial score (nSPS) is 25.6. The van der Waals surface area contributed by atoms with Gasteiger partial charge in [-0.3, -0.25) is 4.90 Å². The van der Waals surface area contributed by atoms with Crippen LogP contribution in [0.2, 0.25) is 0 Å². The van der Waals surface area contributed by atoms with Crippen molar-refractivity contribution in [3.05, 3.63) is 16.1 Å². The maximum Gasteiger partial charge on any atom is 0.0926 e. The summed E-state index contributed by atoms with van der Waals surface area (Å²) in [6.45, 7) is 9.91. The molecule has 1 aliphatic rings. The van der Waals surface area contributed by atoms with Crippen molar-refractivity contribution in [2.75, 3.05) is 13.1 Å². The third-order valence-electron chi connectivity index (χ3n) is 3.16. The van der Waals surface area contributed by atoms with E-state index in [-0.39, 0.29) is 12.4 Å². The SMILES string of the molecule is CCc1nc(CN2CC(C)NCC2C)cs1.Cl. The molecule has 2 atom stereocenters. The molecule has 0 bridgehead atoms. The largest absolute Gasteiger partial charge is 0.311 e. The van der Waals surface area contributed by atoms with Crippen LogP contribution in [0.4, 0.5) is 0 Å². The van der Waals surface area contributed by atoms with Crippen LogP contribution < -0.4 is 5.32 Å². The summed E-state index contributed by atoms with van der Waals surface area (Å²) < 4.78 is 0. The number of rotatable bonds is 3. The van der Waals surface area contributed by atoms with E-state index >= 15 is 0 Å². The highest BCUT2D eigenvalue weighted by Gasteiger charge is 2.22. The second kappa shape index (κ2) is 6.69. The maximum absolute atomic E-state index is 4.64. The van der Waals surface area contributed by atoms with Gasteiger partial charge in [0.15, 0.2) is 0 Å². The fraction of sp³-hybridized carbons (Fsp3) is 0.750. The molecule has 5 heteroatoms. The van der Waals surface area contributed by atoms with Gasteiger partial charge in [0.05, 0.1) is 10.7 Å². The third kappa shape index (κ3) is 3.91. The van der Waals surface area contributed by atoms with Gasteiger partial charge in [0.2, 0.25) is 0 Å². The first-order chi connectivity index (χ1) is 7.69. The molecule has 0 spiro atoms. The molecule has 98 valence electrons. The second-order valence-corrected chi connectivity index (χ2v) is 5.62. The second-order valence-electron chi connectivity index (χ2n) is 4.67. The predicted octanol–water partition coefficient (Wildman–Crippen LogP) is 2.31. The Morgan fingerprint density at radius 1 is 1.53 bits per heavy atom. The fourth-order valence-electron chi connectivity index (χ4n) is 2.11. The third-order valence-corrected chi connectivity index (χ3v) is 4.20. The van der Waals surface area contributed by atoms with Gasteiger partial charge in [-0.15, -0.1) is 23.7 Å². The summed E-state index contributed by atoms with van der Waals surface area (Å²) in [7, 11) is 0. The predicted molar refractivity (Wildman–Crippen MR) is 76.1 cm³/mol. The topological polar surface area (TPSA) is 28.2 Å². The van der Waals surface area contributed by atoms with Crippen LogP contribution in [0.5, 0.6) is 0 Å². The summed E-state index contributed by atoms with van der Waals surface area (Å²) in [5, 5.41) is 6.97. The number of nitrogens with zero attached hydrogens (tertiary/aromatic N) is 2. The maximum atomic E-state index is 4.64. The smallest absolute Gasteiger partial charge is 0.0926 e. The summed E-state index contributed by atoms with van der Waals surface area (Å²) >= 11 is 1.79. The quantitative estimate of drug-likeness (QED) is 0.918. The number of nitrogens with one attached hydrogen (secondary N) is 1. The number of aromatic nitrogens is 1. The van der Waals surface area contributed by atoms with Crippen LogP contribution in [0, 0.1) is 0 Å². The summed E-state index contributed by atoms with van der Waals surface area (Å²) in [4.78, 5) is 7.16. The van der Waals surface area contributed by atoms with Crippen LogP contribution in [0.3, 0.4) is 0 Å². The van der Waals surface area contributed by atoms with E-state index in [1.807, 2.05) is 0 Å². The lowest BCUT2D eigenvalue weighted by atomic mass is 10.1. The minimum Gasteiger partial charge on any atom is -0.311 e. The number of hydrogen-bond acceptors (Lipinski definition) is 4. The highest BCUT2D eigenvalue weighted by molar-refractivity contribution is 7.09. The molecule has 1 saturated heterocycles. The molecule has 1 N–H and O–H groups in total. The number of halogens is 1. The van der Waals surface area contributed by atoms with Crippen molar-refractivity contribution < 1.29 is 0 Å². The first-order valence-electron chi connectivity index (χ1n) is 6.09. The van der Waals surface area contributed by atoms with E-state index in [1.165, 1.54) is 10.7 Å². The highest BCUT2D eigenvalue weighted by atomic mass is 35.5. The molecular weight excluding hydrogens is 254 g/mol. The van der Waals surface area contributed by atoms with Crippen molar-refractivity contribution in [2.45, 2.75) is 45.8 Å². The minimum absolute atomic E-state index is 0. The average molecular weight is 276 g/mol. The van der Waals surface area contributed by atoms with Crippen LogP contribution in [-0.2, 0) is 13.0 Å². The van der Waals surface area contributed by atoms with Crippen LogP contribution in [0.1, 0.15) is 31.5 Å². The van der Waals surface area contributed by atoms with Crippen molar-refractivity contribution in [1.82, 2.24) is 15.2 Å². The zero-order chi connectivity index (χ0) is 11.5. The molecule has 2 heterocycles. The van der Waals surface area contributed by atoms with Crippen molar-refractivity contribution >= 4 is 23.7 Å². The summed E-state index contributed by atoms with van der Waals surface area (Å²) in [5.41, 5.74) is 1.24. The number of thiazole rings is 1. The van der Waals surface area contributed by atoms with Gasteiger partial charge in [0.25, 0.3) is 0 Å². The van der Waals surface area contributed by atoms with Crippen molar-refractivity contribution in [1.29, 1.82) is 0 Å². The molecule has 0 radical (unpaired) electrons. The fourth-order valence-corrected chi connectivity index (χ4v) is 2.85. The van der Waals surface area contributed by atoms with Crippen LogP contribution >= 0.6 is 23.7 Å². The Morgan fingerprint density at radius 3 is 2.94 bits per heavy atom. The van der Waals surface area contributed by atoms with Gasteiger partial charge in [-0.25, -0.2) is 4.98 Å². The molecule has 1 aromatic heterocycles. The van der Waals surface area contributed by atoms with Crippen LogP contribution in [-0.4, -0.2) is 35.1 Å². The molecule has 0 aromatic carbocycles. The lowest BCUT2D eigenvalue weighted by molar-refractivity contribution is 0.137. The summed E-state index contributed by atoms with van der Waals surface area (Å²) in [6.07, 6.45) is 1.05. The molecule has 1 aliphatic heterocycles. The number of hydrogen-bond donors (Lipinski definition) is 1. The lowest BCUT2D eigenvalue weighted by Gasteiger charge is -2.37. The monoisotopic (exact) mass is 275 g/mol. The Kier molecular flexibility index (Phi) is 5.86. The molecular formula is C12H22ClN3S. The standard InChI is InChI=1S/C12H21N3S.ClH/c1-4-12-14-11(8-16-12)7-15-6-9(2)13-5-10(15)3;/h8-10,13H,4-7H2,1-3H3;1H.